The minimum atomic E-state index is -0.412. The van der Waals surface area contributed by atoms with E-state index >= 15 is 4.39 Å². The van der Waals surface area contributed by atoms with Crippen molar-refractivity contribution >= 4 is 39.9 Å². The number of nitrogens with two attached hydrogens (primary N) is 1. The first kappa shape index (κ1) is 23.5. The molecule has 4 aromatic rings. The van der Waals surface area contributed by atoms with Gasteiger partial charge < -0.3 is 15.4 Å². The Bertz CT molecular complexity index is 1430. The molecule has 7 nitrogen and oxygen atoms in total. The van der Waals surface area contributed by atoms with Gasteiger partial charge in [-0.25, -0.2) is 9.37 Å². The Labute approximate surface area is 217 Å². The molecule has 1 aliphatic carbocycles. The Morgan fingerprint density at radius 1 is 1.17 bits per heavy atom. The highest BCUT2D eigenvalue weighted by Crippen LogP contribution is 2.42. The predicted molar refractivity (Wildman–Crippen MR) is 139 cm³/mol. The molecule has 36 heavy (non-hydrogen) atoms. The van der Waals surface area contributed by atoms with Gasteiger partial charge in [-0.1, -0.05) is 29.6 Å². The highest BCUT2D eigenvalue weighted by atomic mass is 35.5. The highest BCUT2D eigenvalue weighted by molar-refractivity contribution is 6.35. The minimum Gasteiger partial charge on any atom is -0.486 e. The van der Waals surface area contributed by atoms with Gasteiger partial charge in [0, 0.05) is 48.2 Å². The molecule has 1 aliphatic heterocycles. The summed E-state index contributed by atoms with van der Waals surface area (Å²) >= 11 is 12.6. The zero-order valence-electron chi connectivity index (χ0n) is 19.6. The Kier molecular flexibility index (Phi) is 5.78. The number of H-pyrrole nitrogens is 1. The first-order chi connectivity index (χ1) is 17.3. The van der Waals surface area contributed by atoms with Gasteiger partial charge in [-0.15, -0.1) is 0 Å². The van der Waals surface area contributed by atoms with Crippen LogP contribution in [0, 0.1) is 11.7 Å². The lowest BCUT2D eigenvalue weighted by molar-refractivity contribution is 0.133. The topological polar surface area (TPSA) is 93.0 Å². The number of ether oxygens (including phenoxy) is 1. The molecule has 0 radical (unpaired) electrons. The monoisotopic (exact) mass is 526 g/mol. The van der Waals surface area contributed by atoms with Crippen molar-refractivity contribution in [2.75, 3.05) is 18.0 Å². The summed E-state index contributed by atoms with van der Waals surface area (Å²) in [5, 5.41) is 9.07. The fourth-order valence-electron chi connectivity index (χ4n) is 5.21. The Morgan fingerprint density at radius 3 is 2.58 bits per heavy atom. The van der Waals surface area contributed by atoms with E-state index in [0.29, 0.717) is 57.4 Å². The summed E-state index contributed by atoms with van der Waals surface area (Å²) in [6, 6.07) is 7.03. The van der Waals surface area contributed by atoms with Crippen molar-refractivity contribution in [2.45, 2.75) is 37.8 Å². The van der Waals surface area contributed by atoms with Crippen LogP contribution in [0.3, 0.4) is 0 Å². The Morgan fingerprint density at radius 2 is 1.92 bits per heavy atom. The summed E-state index contributed by atoms with van der Waals surface area (Å²) < 4.78 is 21.3. The number of hydrogen-bond acceptors (Lipinski definition) is 6. The van der Waals surface area contributed by atoms with Gasteiger partial charge in [0.15, 0.2) is 11.6 Å². The van der Waals surface area contributed by atoms with Crippen LogP contribution in [0.2, 0.25) is 10.0 Å². The lowest BCUT2D eigenvalue weighted by Crippen LogP contribution is -2.72. The van der Waals surface area contributed by atoms with Crippen LogP contribution in [0.5, 0.6) is 5.75 Å². The second kappa shape index (κ2) is 8.87. The lowest BCUT2D eigenvalue weighted by atomic mass is 9.67. The maximum atomic E-state index is 15.1. The number of pyridine rings is 2. The summed E-state index contributed by atoms with van der Waals surface area (Å²) in [6.07, 6.45) is 7.88. The van der Waals surface area contributed by atoms with Crippen molar-refractivity contribution < 1.29 is 9.13 Å². The molecule has 6 rings (SSSR count). The zero-order valence-corrected chi connectivity index (χ0v) is 21.2. The van der Waals surface area contributed by atoms with Crippen molar-refractivity contribution in [2.24, 2.45) is 11.7 Å². The number of nitrogens with one attached hydrogen (secondary N) is 1. The SMILES string of the molecule is C[C@@H](Oc1ccc2[nH]nc(-c3cnc(N4CC(N)(C5CCC5)C4)c(F)c3)c2c1)c1c(Cl)cncc1Cl. The van der Waals surface area contributed by atoms with E-state index in [2.05, 4.69) is 20.2 Å². The molecule has 0 amide bonds. The number of nitrogens with zero attached hydrogens (tertiary/aromatic N) is 4. The van der Waals surface area contributed by atoms with Gasteiger partial charge in [-0.3, -0.25) is 10.1 Å². The molecule has 10 heteroatoms. The van der Waals surface area contributed by atoms with Crippen LogP contribution < -0.4 is 15.4 Å². The van der Waals surface area contributed by atoms with Gasteiger partial charge in [-0.2, -0.15) is 5.10 Å². The molecular formula is C26H25Cl2FN6O. The second-order valence-corrected chi connectivity index (χ2v) is 10.6. The molecule has 1 atom stereocenters. The number of benzene rings is 1. The molecule has 3 aromatic heterocycles. The van der Waals surface area contributed by atoms with Crippen LogP contribution in [0.15, 0.2) is 42.9 Å². The molecule has 0 spiro atoms. The molecule has 1 aromatic carbocycles. The Hall–Kier alpha value is -2.94. The fraction of sp³-hybridized carbons (Fsp3) is 0.346. The number of aromatic amines is 1. The lowest BCUT2D eigenvalue weighted by Gasteiger charge is -2.55. The third-order valence-electron chi connectivity index (χ3n) is 7.43. The normalized spacial score (nSPS) is 18.1. The number of fused-ring (bicyclic) bond motifs is 1. The number of rotatable bonds is 6. The van der Waals surface area contributed by atoms with Gasteiger partial charge in [0.25, 0.3) is 0 Å². The molecule has 3 N–H and O–H groups in total. The summed E-state index contributed by atoms with van der Waals surface area (Å²) in [4.78, 5) is 10.3. The van der Waals surface area contributed by atoms with Gasteiger partial charge in [-0.05, 0) is 49.9 Å². The van der Waals surface area contributed by atoms with E-state index in [0.717, 1.165) is 10.9 Å². The average Bonchev–Trinajstić information content (AvgIpc) is 3.19. The number of halogens is 3. The average molecular weight is 527 g/mol. The first-order valence-corrected chi connectivity index (χ1v) is 12.7. The summed E-state index contributed by atoms with van der Waals surface area (Å²) in [5.41, 5.74) is 8.92. The standard InChI is InChI=1S/C26H25Cl2FN6O/c1-14(23-19(27)10-31-11-20(23)28)36-17-5-6-22-18(8-17)24(34-33-22)15-7-21(29)25(32-9-15)35-12-26(30,13-35)16-3-2-4-16/h5-11,14,16H,2-4,12-13,30H2,1H3,(H,33,34)/t14-/m1/s1. The van der Waals surface area contributed by atoms with Crippen molar-refractivity contribution in [3.05, 3.63) is 64.3 Å². The van der Waals surface area contributed by atoms with Gasteiger partial charge >= 0.3 is 0 Å². The van der Waals surface area contributed by atoms with Gasteiger partial charge in [0.05, 0.1) is 21.1 Å². The minimum absolute atomic E-state index is 0.221. The van der Waals surface area contributed by atoms with E-state index in [-0.39, 0.29) is 11.4 Å². The van der Waals surface area contributed by atoms with Crippen LogP contribution >= 0.6 is 23.2 Å². The molecule has 4 heterocycles. The third kappa shape index (κ3) is 3.97. The third-order valence-corrected chi connectivity index (χ3v) is 8.03. The van der Waals surface area contributed by atoms with Gasteiger partial charge in [0.1, 0.15) is 17.5 Å². The highest BCUT2D eigenvalue weighted by Gasteiger charge is 2.48. The molecule has 0 unspecified atom stereocenters. The molecule has 1 saturated heterocycles. The van der Waals surface area contributed by atoms with Crippen molar-refractivity contribution in [1.29, 1.82) is 0 Å². The van der Waals surface area contributed by atoms with Crippen molar-refractivity contribution in [3.8, 4) is 17.0 Å². The zero-order chi connectivity index (χ0) is 25.0. The van der Waals surface area contributed by atoms with Crippen LogP contribution in [0.4, 0.5) is 10.2 Å². The van der Waals surface area contributed by atoms with Crippen LogP contribution in [0.25, 0.3) is 22.2 Å². The Balaban J connectivity index is 1.24. The predicted octanol–water partition coefficient (Wildman–Crippen LogP) is 5.92. The molecule has 2 fully saturated rings. The van der Waals surface area contributed by atoms with Crippen molar-refractivity contribution in [1.82, 2.24) is 20.2 Å². The van der Waals surface area contributed by atoms with E-state index in [1.807, 2.05) is 30.0 Å². The molecule has 1 saturated carbocycles. The molecule has 0 bridgehead atoms. The maximum absolute atomic E-state index is 15.1. The number of anilines is 1. The van der Waals surface area contributed by atoms with Gasteiger partial charge in [0.2, 0.25) is 0 Å². The van der Waals surface area contributed by atoms with Crippen LogP contribution in [0.1, 0.15) is 37.9 Å². The van der Waals surface area contributed by atoms with E-state index < -0.39 is 6.10 Å². The summed E-state index contributed by atoms with van der Waals surface area (Å²) in [6.45, 7) is 3.13. The quantitative estimate of drug-likeness (QED) is 0.323. The summed E-state index contributed by atoms with van der Waals surface area (Å²) in [5.74, 6) is 1.09. The largest absolute Gasteiger partial charge is 0.486 e. The maximum Gasteiger partial charge on any atom is 0.166 e. The van der Waals surface area contributed by atoms with E-state index in [1.165, 1.54) is 37.7 Å². The molecule has 2 aliphatic rings. The molecule has 186 valence electrons. The number of aromatic nitrogens is 4. The molecular weight excluding hydrogens is 502 g/mol. The van der Waals surface area contributed by atoms with Crippen LogP contribution in [-0.2, 0) is 0 Å². The van der Waals surface area contributed by atoms with E-state index in [1.54, 1.807) is 6.20 Å². The smallest absolute Gasteiger partial charge is 0.166 e. The first-order valence-electron chi connectivity index (χ1n) is 12.0. The number of hydrogen-bond donors (Lipinski definition) is 2. The van der Waals surface area contributed by atoms with Crippen LogP contribution in [-0.4, -0.2) is 38.8 Å². The summed E-state index contributed by atoms with van der Waals surface area (Å²) in [7, 11) is 0. The van der Waals surface area contributed by atoms with E-state index in [4.69, 9.17) is 33.7 Å². The second-order valence-electron chi connectivity index (χ2n) is 9.80. The fourth-order valence-corrected chi connectivity index (χ4v) is 5.88. The van der Waals surface area contributed by atoms with E-state index in [9.17, 15) is 0 Å². The van der Waals surface area contributed by atoms with Crippen molar-refractivity contribution in [3.63, 3.8) is 0 Å².